The molecule has 6 rings (SSSR count). The van der Waals surface area contributed by atoms with Crippen LogP contribution in [0.2, 0.25) is 0 Å². The Bertz CT molecular complexity index is 1490. The highest BCUT2D eigenvalue weighted by Gasteiger charge is 2.16. The highest BCUT2D eigenvalue weighted by Crippen LogP contribution is 2.33. The summed E-state index contributed by atoms with van der Waals surface area (Å²) >= 11 is 2.15. The monoisotopic (exact) mass is 684 g/mol. The number of aromatic hydroxyl groups is 2. The molecule has 2 N–H and O–H groups in total. The quantitative estimate of drug-likeness (QED) is 0.146. The minimum atomic E-state index is -0.622. The van der Waals surface area contributed by atoms with Crippen molar-refractivity contribution in [3.05, 3.63) is 173 Å². The van der Waals surface area contributed by atoms with Crippen molar-refractivity contribution in [2.75, 3.05) is 0 Å². The predicted molar refractivity (Wildman–Crippen MR) is 188 cm³/mol. The molecule has 0 spiro atoms. The summed E-state index contributed by atoms with van der Waals surface area (Å²) in [5, 5.41) is 25.1. The van der Waals surface area contributed by atoms with Gasteiger partial charge in [-0.05, 0) is 87.4 Å². The van der Waals surface area contributed by atoms with Crippen LogP contribution in [0.3, 0.4) is 0 Å². The van der Waals surface area contributed by atoms with Crippen molar-refractivity contribution in [3.63, 3.8) is 0 Å². The van der Waals surface area contributed by atoms with Gasteiger partial charge in [-0.3, -0.25) is 0 Å². The van der Waals surface area contributed by atoms with E-state index in [1.165, 1.54) is 21.2 Å². The van der Waals surface area contributed by atoms with E-state index in [0.29, 0.717) is 11.5 Å². The topological polar surface area (TPSA) is 40.5 Å². The summed E-state index contributed by atoms with van der Waals surface area (Å²) in [7, 11) is 0.155. The van der Waals surface area contributed by atoms with Crippen LogP contribution in [0.25, 0.3) is 0 Å². The summed E-state index contributed by atoms with van der Waals surface area (Å²) in [5.74, 6) is 0.652. The lowest BCUT2D eigenvalue weighted by molar-refractivity contribution is 0.474. The second kappa shape index (κ2) is 16.7. The third kappa shape index (κ3) is 10.4. The van der Waals surface area contributed by atoms with Crippen LogP contribution in [-0.2, 0) is 0 Å². The maximum atomic E-state index is 9.77. The third-order valence-electron chi connectivity index (χ3n) is 5.76. The number of phenolic OH excluding ortho intramolecular Hbond substituents is 2. The fourth-order valence-corrected chi connectivity index (χ4v) is 7.83. The van der Waals surface area contributed by atoms with Gasteiger partial charge >= 0.3 is 0 Å². The average Bonchev–Trinajstić information content (AvgIpc) is 3.00. The van der Waals surface area contributed by atoms with Gasteiger partial charge in [-0.2, -0.15) is 0 Å². The van der Waals surface area contributed by atoms with E-state index in [1.54, 1.807) is 18.2 Å². The number of rotatable bonds is 5. The minimum Gasteiger partial charge on any atom is -0.508 e. The van der Waals surface area contributed by atoms with Crippen molar-refractivity contribution in [3.8, 4) is 11.5 Å². The number of hydrogen-bond donors (Lipinski definition) is 2. The molecule has 0 saturated heterocycles. The average molecular weight is 684 g/mol. The molecule has 0 radical (unpaired) electrons. The van der Waals surface area contributed by atoms with Crippen LogP contribution in [0.15, 0.2) is 170 Å². The Hall–Kier alpha value is -3.49. The molecule has 2 nitrogen and oxygen atoms in total. The fourth-order valence-electron chi connectivity index (χ4n) is 3.92. The molecular weight excluding hydrogens is 653 g/mol. The number of halogens is 1. The van der Waals surface area contributed by atoms with E-state index in [9.17, 15) is 5.11 Å². The van der Waals surface area contributed by atoms with Crippen LogP contribution in [0.5, 0.6) is 11.5 Å². The fraction of sp³-hybridized carbons (Fsp3) is 0. The summed E-state index contributed by atoms with van der Waals surface area (Å²) in [6.45, 7) is 0. The highest BCUT2D eigenvalue weighted by atomic mass is 127. The third-order valence-corrected chi connectivity index (χ3v) is 10.1. The van der Waals surface area contributed by atoms with E-state index >= 15 is 0 Å². The maximum absolute atomic E-state index is 9.77. The van der Waals surface area contributed by atoms with Crippen molar-refractivity contribution in [1.82, 2.24) is 0 Å². The summed E-state index contributed by atoms with van der Waals surface area (Å²) in [4.78, 5) is 0. The number of benzene rings is 6. The molecule has 5 heteroatoms. The molecule has 0 unspecified atom stereocenters. The summed E-state index contributed by atoms with van der Waals surface area (Å²) in [5.41, 5.74) is 0. The van der Waals surface area contributed by atoms with Gasteiger partial charge in [0.05, 0.1) is 0 Å². The lowest BCUT2D eigenvalue weighted by Crippen LogP contribution is -2.20. The van der Waals surface area contributed by atoms with E-state index in [1.807, 2.05) is 36.4 Å². The van der Waals surface area contributed by atoms with Gasteiger partial charge in [0.1, 0.15) is 11.5 Å². The molecule has 0 atom stereocenters. The molecular formula is C36H31IO2P2. The number of hydrogen-bond acceptors (Lipinski definition) is 2. The lowest BCUT2D eigenvalue weighted by atomic mass is 10.3. The summed E-state index contributed by atoms with van der Waals surface area (Å²) < 4.78 is 1.06. The Kier molecular flexibility index (Phi) is 12.4. The molecule has 0 aliphatic heterocycles. The molecule has 6 aromatic carbocycles. The van der Waals surface area contributed by atoms with Gasteiger partial charge < -0.3 is 10.2 Å². The van der Waals surface area contributed by atoms with Gasteiger partial charge in [0, 0.05) is 3.57 Å². The molecule has 0 aliphatic rings. The van der Waals surface area contributed by atoms with Crippen molar-refractivity contribution in [2.24, 2.45) is 0 Å². The second-order valence-corrected chi connectivity index (χ2v) is 13.7. The number of phenols is 2. The van der Waals surface area contributed by atoms with E-state index in [-0.39, 0.29) is 0 Å². The predicted octanol–water partition coefficient (Wildman–Crippen LogP) is 7.46. The maximum Gasteiger partial charge on any atom is 0.116 e. The zero-order valence-electron chi connectivity index (χ0n) is 22.4. The van der Waals surface area contributed by atoms with Crippen LogP contribution in [0, 0.1) is 3.57 Å². The van der Waals surface area contributed by atoms with Crippen LogP contribution >= 0.6 is 39.1 Å². The molecule has 6 aromatic rings. The Balaban J connectivity index is 0.000000158. The molecule has 0 saturated carbocycles. The van der Waals surface area contributed by atoms with Crippen LogP contribution in [0.1, 0.15) is 0 Å². The van der Waals surface area contributed by atoms with Crippen molar-refractivity contribution in [2.45, 2.75) is 0 Å². The first-order chi connectivity index (χ1) is 20.1. The SMILES string of the molecule is Oc1cccc(I)c1.Oc1cccc(P(c2ccccc2)c2ccccc2)c1.c1ccc(Pc2ccccc2)cc1. The minimum absolute atomic E-state index is 0.321. The van der Waals surface area contributed by atoms with E-state index in [0.717, 1.165) is 17.5 Å². The van der Waals surface area contributed by atoms with E-state index in [4.69, 9.17) is 5.11 Å². The standard InChI is InChI=1S/C18H15OP.C12H11P.C6H5IO/c19-15-8-7-13-18(14-15)20(16-9-3-1-4-10-16)17-11-5-2-6-12-17;1-3-7-11(8-4-1)13-12-9-5-2-6-10-12;7-5-2-1-3-6(8)4-5/h1-14,19H;1-10,13H;1-4,8H. The normalized spacial score (nSPS) is 10.1. The summed E-state index contributed by atoms with van der Waals surface area (Å²) in [6, 6.07) is 56.8. The van der Waals surface area contributed by atoms with Crippen LogP contribution in [-0.4, -0.2) is 10.2 Å². The first kappa shape index (κ1) is 30.5. The molecule has 0 amide bonds. The van der Waals surface area contributed by atoms with Crippen LogP contribution in [0.4, 0.5) is 0 Å². The zero-order valence-corrected chi connectivity index (χ0v) is 26.4. The zero-order chi connectivity index (χ0) is 28.7. The first-order valence-corrected chi connectivity index (χ1v) is 16.5. The smallest absolute Gasteiger partial charge is 0.116 e. The van der Waals surface area contributed by atoms with E-state index in [2.05, 4.69) is 138 Å². The van der Waals surface area contributed by atoms with Gasteiger partial charge in [0.25, 0.3) is 0 Å². The van der Waals surface area contributed by atoms with Gasteiger partial charge in [-0.15, -0.1) is 0 Å². The Labute approximate surface area is 259 Å². The molecule has 41 heavy (non-hydrogen) atoms. The summed E-state index contributed by atoms with van der Waals surface area (Å²) in [6.07, 6.45) is 0. The van der Waals surface area contributed by atoms with Crippen LogP contribution < -0.4 is 26.5 Å². The van der Waals surface area contributed by atoms with Gasteiger partial charge in [-0.1, -0.05) is 148 Å². The first-order valence-electron chi connectivity index (χ1n) is 13.1. The van der Waals surface area contributed by atoms with Crippen molar-refractivity contribution in [1.29, 1.82) is 0 Å². The molecule has 204 valence electrons. The largest absolute Gasteiger partial charge is 0.508 e. The highest BCUT2D eigenvalue weighted by molar-refractivity contribution is 14.1. The van der Waals surface area contributed by atoms with Gasteiger partial charge in [0.2, 0.25) is 0 Å². The molecule has 0 aliphatic carbocycles. The Morgan fingerprint density at radius 1 is 0.415 bits per heavy atom. The Morgan fingerprint density at radius 2 is 0.805 bits per heavy atom. The molecule has 0 bridgehead atoms. The van der Waals surface area contributed by atoms with Gasteiger partial charge in [0.15, 0.2) is 0 Å². The van der Waals surface area contributed by atoms with E-state index < -0.39 is 7.92 Å². The van der Waals surface area contributed by atoms with Crippen molar-refractivity contribution >= 4 is 65.6 Å². The molecule has 0 heterocycles. The molecule has 0 aromatic heterocycles. The molecule has 0 fully saturated rings. The lowest BCUT2D eigenvalue weighted by Gasteiger charge is -2.19. The second-order valence-electron chi connectivity index (χ2n) is 8.86. The Morgan fingerprint density at radius 3 is 1.20 bits per heavy atom. The van der Waals surface area contributed by atoms with Gasteiger partial charge in [-0.25, -0.2) is 0 Å². The van der Waals surface area contributed by atoms with Crippen molar-refractivity contribution < 1.29 is 10.2 Å².